The standard InChI is InChI=1S/C20H35N3O3S/c1-5-23(6-2)27(24,25)21(3)16-18-10-9-14-22(17-18)15-13-19-11-7-8-12-20(19)26-4/h7-8,11-12,18H,5-6,9-10,13-17H2,1-4H3/t18-/m1/s1. The van der Waals surface area contributed by atoms with Gasteiger partial charge in [-0.05, 0) is 43.4 Å². The second-order valence-corrected chi connectivity index (χ2v) is 9.28. The Morgan fingerprint density at radius 2 is 1.93 bits per heavy atom. The molecule has 0 aliphatic carbocycles. The molecule has 1 fully saturated rings. The van der Waals surface area contributed by atoms with E-state index in [4.69, 9.17) is 4.74 Å². The summed E-state index contributed by atoms with van der Waals surface area (Å²) >= 11 is 0. The second kappa shape index (κ2) is 10.4. The van der Waals surface area contributed by atoms with Crippen molar-refractivity contribution >= 4 is 10.2 Å². The van der Waals surface area contributed by atoms with Crippen LogP contribution in [0.25, 0.3) is 0 Å². The van der Waals surface area contributed by atoms with Crippen LogP contribution in [0.3, 0.4) is 0 Å². The molecule has 0 radical (unpaired) electrons. The topological polar surface area (TPSA) is 53.1 Å². The number of rotatable bonds is 10. The number of ether oxygens (including phenoxy) is 1. The minimum Gasteiger partial charge on any atom is -0.496 e. The molecule has 1 aliphatic rings. The number of para-hydroxylation sites is 1. The van der Waals surface area contributed by atoms with Crippen molar-refractivity contribution in [3.05, 3.63) is 29.8 Å². The van der Waals surface area contributed by atoms with Crippen molar-refractivity contribution in [3.8, 4) is 5.75 Å². The summed E-state index contributed by atoms with van der Waals surface area (Å²) in [7, 11) is 0.0693. The van der Waals surface area contributed by atoms with Crippen LogP contribution in [0.15, 0.2) is 24.3 Å². The van der Waals surface area contributed by atoms with E-state index in [-0.39, 0.29) is 0 Å². The van der Waals surface area contributed by atoms with Gasteiger partial charge in [0.05, 0.1) is 7.11 Å². The van der Waals surface area contributed by atoms with Gasteiger partial charge in [0.1, 0.15) is 5.75 Å². The Kier molecular flexibility index (Phi) is 8.54. The summed E-state index contributed by atoms with van der Waals surface area (Å²) in [6.07, 6.45) is 3.16. The van der Waals surface area contributed by atoms with Crippen molar-refractivity contribution in [1.82, 2.24) is 13.5 Å². The number of methoxy groups -OCH3 is 1. The van der Waals surface area contributed by atoms with E-state index in [0.717, 1.165) is 44.6 Å². The molecule has 0 N–H and O–H groups in total. The van der Waals surface area contributed by atoms with E-state index in [1.54, 1.807) is 14.2 Å². The summed E-state index contributed by atoms with van der Waals surface area (Å²) < 4.78 is 33.8. The number of likely N-dealkylation sites (tertiary alicyclic amines) is 1. The molecule has 1 atom stereocenters. The quantitative estimate of drug-likeness (QED) is 0.609. The van der Waals surface area contributed by atoms with Crippen LogP contribution in [0.2, 0.25) is 0 Å². The van der Waals surface area contributed by atoms with Crippen molar-refractivity contribution < 1.29 is 13.2 Å². The average molecular weight is 398 g/mol. The highest BCUT2D eigenvalue weighted by Crippen LogP contribution is 2.22. The molecule has 154 valence electrons. The number of benzene rings is 1. The monoisotopic (exact) mass is 397 g/mol. The first kappa shape index (κ1) is 22.1. The Morgan fingerprint density at radius 1 is 1.22 bits per heavy atom. The Bertz CT molecular complexity index is 677. The lowest BCUT2D eigenvalue weighted by Crippen LogP contribution is -2.46. The lowest BCUT2D eigenvalue weighted by Gasteiger charge is -2.35. The number of nitrogens with zero attached hydrogens (tertiary/aromatic N) is 3. The molecule has 0 aromatic heterocycles. The molecule has 6 nitrogen and oxygen atoms in total. The molecule has 0 bridgehead atoms. The van der Waals surface area contributed by atoms with Crippen molar-refractivity contribution in [1.29, 1.82) is 0 Å². The van der Waals surface area contributed by atoms with E-state index in [1.807, 2.05) is 32.0 Å². The van der Waals surface area contributed by atoms with Crippen molar-refractivity contribution in [2.24, 2.45) is 5.92 Å². The van der Waals surface area contributed by atoms with Gasteiger partial charge in [0, 0.05) is 39.8 Å². The molecular weight excluding hydrogens is 362 g/mol. The highest BCUT2D eigenvalue weighted by atomic mass is 32.2. The summed E-state index contributed by atoms with van der Waals surface area (Å²) in [6, 6.07) is 8.15. The fourth-order valence-electron chi connectivity index (χ4n) is 3.90. The third kappa shape index (κ3) is 5.91. The summed E-state index contributed by atoms with van der Waals surface area (Å²) in [5, 5.41) is 0. The van der Waals surface area contributed by atoms with Crippen LogP contribution < -0.4 is 4.74 Å². The van der Waals surface area contributed by atoms with Crippen LogP contribution in [-0.4, -0.2) is 75.4 Å². The summed E-state index contributed by atoms with van der Waals surface area (Å²) in [5.74, 6) is 1.32. The van der Waals surface area contributed by atoms with Crippen molar-refractivity contribution in [2.45, 2.75) is 33.1 Å². The predicted octanol–water partition coefficient (Wildman–Crippen LogP) is 2.47. The molecule has 1 saturated heterocycles. The third-order valence-corrected chi connectivity index (χ3v) is 7.54. The largest absolute Gasteiger partial charge is 0.496 e. The van der Waals surface area contributed by atoms with Gasteiger partial charge in [-0.2, -0.15) is 17.0 Å². The molecule has 2 rings (SSSR count). The van der Waals surface area contributed by atoms with E-state index in [1.165, 1.54) is 14.2 Å². The van der Waals surface area contributed by atoms with E-state index in [9.17, 15) is 8.42 Å². The maximum Gasteiger partial charge on any atom is 0.281 e. The maximum atomic E-state index is 12.7. The highest BCUT2D eigenvalue weighted by molar-refractivity contribution is 7.86. The molecule has 0 unspecified atom stereocenters. The van der Waals surface area contributed by atoms with Gasteiger partial charge in [-0.3, -0.25) is 0 Å². The van der Waals surface area contributed by atoms with Crippen LogP contribution in [0.1, 0.15) is 32.3 Å². The van der Waals surface area contributed by atoms with Gasteiger partial charge in [-0.25, -0.2) is 0 Å². The van der Waals surface area contributed by atoms with Crippen LogP contribution in [-0.2, 0) is 16.6 Å². The molecular formula is C20H35N3O3S. The van der Waals surface area contributed by atoms with Crippen molar-refractivity contribution in [2.75, 3.05) is 53.4 Å². The van der Waals surface area contributed by atoms with Gasteiger partial charge in [0.25, 0.3) is 10.2 Å². The molecule has 0 amide bonds. The summed E-state index contributed by atoms with van der Waals surface area (Å²) in [6.45, 7) is 8.39. The zero-order valence-corrected chi connectivity index (χ0v) is 18.0. The zero-order valence-electron chi connectivity index (χ0n) is 17.2. The van der Waals surface area contributed by atoms with Gasteiger partial charge >= 0.3 is 0 Å². The van der Waals surface area contributed by atoms with Crippen LogP contribution >= 0.6 is 0 Å². The fraction of sp³-hybridized carbons (Fsp3) is 0.700. The van der Waals surface area contributed by atoms with Gasteiger partial charge in [-0.15, -0.1) is 0 Å². The Hall–Kier alpha value is -1.15. The second-order valence-electron chi connectivity index (χ2n) is 7.24. The molecule has 1 aromatic carbocycles. The van der Waals surface area contributed by atoms with Crippen molar-refractivity contribution in [3.63, 3.8) is 0 Å². The average Bonchev–Trinajstić information content (AvgIpc) is 2.67. The number of piperidine rings is 1. The Balaban J connectivity index is 1.90. The molecule has 27 heavy (non-hydrogen) atoms. The lowest BCUT2D eigenvalue weighted by molar-refractivity contribution is 0.161. The van der Waals surface area contributed by atoms with Crippen LogP contribution in [0.4, 0.5) is 0 Å². The highest BCUT2D eigenvalue weighted by Gasteiger charge is 2.28. The fourth-order valence-corrected chi connectivity index (χ4v) is 5.34. The number of hydrogen-bond acceptors (Lipinski definition) is 4. The predicted molar refractivity (Wildman–Crippen MR) is 110 cm³/mol. The van der Waals surface area contributed by atoms with Gasteiger partial charge < -0.3 is 9.64 Å². The summed E-state index contributed by atoms with van der Waals surface area (Å²) in [5.41, 5.74) is 1.23. The van der Waals surface area contributed by atoms with Gasteiger partial charge in [-0.1, -0.05) is 32.0 Å². The van der Waals surface area contributed by atoms with Gasteiger partial charge in [0.15, 0.2) is 0 Å². The molecule has 1 aromatic rings. The normalized spacial score (nSPS) is 19.0. The Morgan fingerprint density at radius 3 is 2.59 bits per heavy atom. The maximum absolute atomic E-state index is 12.7. The smallest absolute Gasteiger partial charge is 0.281 e. The molecule has 1 heterocycles. The molecule has 1 aliphatic heterocycles. The third-order valence-electron chi connectivity index (χ3n) is 5.43. The van der Waals surface area contributed by atoms with E-state index < -0.39 is 10.2 Å². The van der Waals surface area contributed by atoms with Gasteiger partial charge in [0.2, 0.25) is 0 Å². The minimum atomic E-state index is -3.35. The van der Waals surface area contributed by atoms with Crippen LogP contribution in [0, 0.1) is 5.92 Å². The van der Waals surface area contributed by atoms with Crippen LogP contribution in [0.5, 0.6) is 5.75 Å². The first-order valence-corrected chi connectivity index (χ1v) is 11.4. The minimum absolute atomic E-state index is 0.381. The first-order valence-electron chi connectivity index (χ1n) is 9.98. The molecule has 0 spiro atoms. The summed E-state index contributed by atoms with van der Waals surface area (Å²) in [4.78, 5) is 2.46. The number of hydrogen-bond donors (Lipinski definition) is 0. The van der Waals surface area contributed by atoms with E-state index in [0.29, 0.717) is 25.6 Å². The van der Waals surface area contributed by atoms with E-state index in [2.05, 4.69) is 11.0 Å². The molecule has 0 saturated carbocycles. The first-order chi connectivity index (χ1) is 12.9. The SMILES string of the molecule is CCN(CC)S(=O)(=O)N(C)C[C@H]1CCCN(CCc2ccccc2OC)C1. The Labute approximate surface area is 165 Å². The lowest BCUT2D eigenvalue weighted by atomic mass is 9.97. The zero-order chi connectivity index (χ0) is 19.9. The van der Waals surface area contributed by atoms with E-state index >= 15 is 0 Å². The molecule has 7 heteroatoms.